The predicted molar refractivity (Wildman–Crippen MR) is 56.1 cm³/mol. The van der Waals surface area contributed by atoms with Gasteiger partial charge in [0.05, 0.1) is 5.51 Å². The van der Waals surface area contributed by atoms with Gasteiger partial charge in [0.15, 0.2) is 5.82 Å². The molecular weight excluding hydrogens is 196 g/mol. The van der Waals surface area contributed by atoms with E-state index in [1.165, 1.54) is 0 Å². The molecule has 0 radical (unpaired) electrons. The van der Waals surface area contributed by atoms with E-state index < -0.39 is 0 Å². The fraction of sp³-hybridized carbons (Fsp3) is 0.444. The molecule has 0 unspecified atom stereocenters. The Hall–Kier alpha value is -1.23. The van der Waals surface area contributed by atoms with Gasteiger partial charge in [0.25, 0.3) is 0 Å². The second-order valence-corrected chi connectivity index (χ2v) is 4.79. The zero-order valence-electron chi connectivity index (χ0n) is 8.43. The van der Waals surface area contributed by atoms with E-state index in [1.807, 2.05) is 9.95 Å². The van der Waals surface area contributed by atoms with Crippen molar-refractivity contribution >= 4 is 11.3 Å². The lowest BCUT2D eigenvalue weighted by Gasteiger charge is -2.21. The van der Waals surface area contributed by atoms with Crippen molar-refractivity contribution in [2.75, 3.05) is 0 Å². The summed E-state index contributed by atoms with van der Waals surface area (Å²) in [6.07, 6.45) is 1.74. The zero-order valence-corrected chi connectivity index (χ0v) is 9.25. The third kappa shape index (κ3) is 1.55. The summed E-state index contributed by atoms with van der Waals surface area (Å²) in [5.74, 6) is 0.832. The summed E-state index contributed by atoms with van der Waals surface area (Å²) in [5, 5.41) is 9.98. The molecule has 2 heterocycles. The van der Waals surface area contributed by atoms with E-state index in [0.29, 0.717) is 0 Å². The number of nitrogens with zero attached hydrogens (tertiary/aromatic N) is 4. The SMILES string of the molecule is CC(C)(C)n1cnnc1-c1cscn1. The molecule has 0 amide bonds. The van der Waals surface area contributed by atoms with E-state index in [2.05, 4.69) is 36.0 Å². The van der Waals surface area contributed by atoms with Gasteiger partial charge < -0.3 is 4.57 Å². The van der Waals surface area contributed by atoms with Crippen molar-refractivity contribution < 1.29 is 0 Å². The van der Waals surface area contributed by atoms with Gasteiger partial charge in [-0.05, 0) is 20.8 Å². The second kappa shape index (κ2) is 3.16. The number of rotatable bonds is 1. The minimum Gasteiger partial charge on any atom is -0.307 e. The average molecular weight is 208 g/mol. The van der Waals surface area contributed by atoms with Crippen molar-refractivity contribution in [3.63, 3.8) is 0 Å². The minimum atomic E-state index is -0.0115. The molecule has 0 saturated heterocycles. The van der Waals surface area contributed by atoms with Crippen LogP contribution in [0, 0.1) is 0 Å². The second-order valence-electron chi connectivity index (χ2n) is 4.07. The third-order valence-corrected chi connectivity index (χ3v) is 2.52. The molecule has 2 aromatic rings. The normalized spacial score (nSPS) is 11.9. The van der Waals surface area contributed by atoms with E-state index in [1.54, 1.807) is 23.2 Å². The van der Waals surface area contributed by atoms with Gasteiger partial charge >= 0.3 is 0 Å². The summed E-state index contributed by atoms with van der Waals surface area (Å²) < 4.78 is 2.03. The van der Waals surface area contributed by atoms with Crippen molar-refractivity contribution in [1.82, 2.24) is 19.7 Å². The van der Waals surface area contributed by atoms with Crippen molar-refractivity contribution in [3.8, 4) is 11.5 Å². The first-order valence-electron chi connectivity index (χ1n) is 4.38. The predicted octanol–water partition coefficient (Wildman–Crippen LogP) is 2.16. The maximum Gasteiger partial charge on any atom is 0.183 e. The minimum absolute atomic E-state index is 0.0115. The van der Waals surface area contributed by atoms with Crippen LogP contribution in [0.5, 0.6) is 0 Å². The van der Waals surface area contributed by atoms with Crippen LogP contribution in [-0.4, -0.2) is 19.7 Å². The summed E-state index contributed by atoms with van der Waals surface area (Å²) in [4.78, 5) is 4.23. The van der Waals surface area contributed by atoms with Crippen LogP contribution in [0.4, 0.5) is 0 Å². The Morgan fingerprint density at radius 3 is 2.71 bits per heavy atom. The van der Waals surface area contributed by atoms with Crippen molar-refractivity contribution in [2.45, 2.75) is 26.3 Å². The van der Waals surface area contributed by atoms with Gasteiger partial charge in [-0.2, -0.15) is 0 Å². The molecule has 0 aliphatic rings. The Morgan fingerprint density at radius 2 is 2.14 bits per heavy atom. The van der Waals surface area contributed by atoms with Gasteiger partial charge in [0, 0.05) is 10.9 Å². The Bertz CT molecular complexity index is 410. The van der Waals surface area contributed by atoms with E-state index in [-0.39, 0.29) is 5.54 Å². The number of hydrogen-bond donors (Lipinski definition) is 0. The number of aromatic nitrogens is 4. The van der Waals surface area contributed by atoms with Gasteiger partial charge in [-0.3, -0.25) is 0 Å². The standard InChI is InChI=1S/C9H12N4S/c1-9(2,3)13-5-11-12-8(13)7-4-14-6-10-7/h4-6H,1-3H3. The van der Waals surface area contributed by atoms with Crippen LogP contribution in [0.15, 0.2) is 17.2 Å². The number of thiazole rings is 1. The van der Waals surface area contributed by atoms with Crippen molar-refractivity contribution in [2.24, 2.45) is 0 Å². The van der Waals surface area contributed by atoms with Gasteiger partial charge in [0.1, 0.15) is 12.0 Å². The first-order chi connectivity index (χ1) is 6.59. The molecule has 0 saturated carbocycles. The van der Waals surface area contributed by atoms with Crippen LogP contribution in [0.2, 0.25) is 0 Å². The molecule has 0 aliphatic carbocycles. The molecule has 2 aromatic heterocycles. The van der Waals surface area contributed by atoms with E-state index >= 15 is 0 Å². The van der Waals surface area contributed by atoms with Crippen molar-refractivity contribution in [1.29, 1.82) is 0 Å². The summed E-state index contributed by atoms with van der Waals surface area (Å²) in [7, 11) is 0. The van der Waals surface area contributed by atoms with Crippen LogP contribution in [-0.2, 0) is 5.54 Å². The maximum absolute atomic E-state index is 4.23. The summed E-state index contributed by atoms with van der Waals surface area (Å²) in [6.45, 7) is 6.35. The van der Waals surface area contributed by atoms with E-state index in [9.17, 15) is 0 Å². The molecule has 0 spiro atoms. The molecule has 0 fully saturated rings. The Kier molecular flexibility index (Phi) is 2.11. The smallest absolute Gasteiger partial charge is 0.183 e. The highest BCUT2D eigenvalue weighted by molar-refractivity contribution is 7.07. The molecule has 0 N–H and O–H groups in total. The van der Waals surface area contributed by atoms with Crippen molar-refractivity contribution in [3.05, 3.63) is 17.2 Å². The van der Waals surface area contributed by atoms with Crippen LogP contribution in [0.25, 0.3) is 11.5 Å². The average Bonchev–Trinajstić information content (AvgIpc) is 2.73. The third-order valence-electron chi connectivity index (χ3n) is 1.93. The Morgan fingerprint density at radius 1 is 1.36 bits per heavy atom. The molecular formula is C9H12N4S. The van der Waals surface area contributed by atoms with Crippen LogP contribution in [0.1, 0.15) is 20.8 Å². The lowest BCUT2D eigenvalue weighted by atomic mass is 10.1. The van der Waals surface area contributed by atoms with Gasteiger partial charge in [-0.25, -0.2) is 4.98 Å². The molecule has 0 aliphatic heterocycles. The highest BCUT2D eigenvalue weighted by Gasteiger charge is 2.19. The first-order valence-corrected chi connectivity index (χ1v) is 5.32. The Labute approximate surface area is 86.6 Å². The lowest BCUT2D eigenvalue weighted by molar-refractivity contribution is 0.399. The zero-order chi connectivity index (χ0) is 10.2. The molecule has 2 rings (SSSR count). The van der Waals surface area contributed by atoms with Gasteiger partial charge in [-0.15, -0.1) is 21.5 Å². The molecule has 0 bridgehead atoms. The summed E-state index contributed by atoms with van der Waals surface area (Å²) >= 11 is 1.56. The van der Waals surface area contributed by atoms with Crippen LogP contribution >= 0.6 is 11.3 Å². The highest BCUT2D eigenvalue weighted by Crippen LogP contribution is 2.22. The fourth-order valence-corrected chi connectivity index (χ4v) is 1.75. The Balaban J connectivity index is 2.51. The van der Waals surface area contributed by atoms with Gasteiger partial charge in [0.2, 0.25) is 0 Å². The van der Waals surface area contributed by atoms with E-state index in [4.69, 9.17) is 0 Å². The topological polar surface area (TPSA) is 43.6 Å². The monoisotopic (exact) mass is 208 g/mol. The molecule has 74 valence electrons. The van der Waals surface area contributed by atoms with Crippen LogP contribution in [0.3, 0.4) is 0 Å². The van der Waals surface area contributed by atoms with E-state index in [0.717, 1.165) is 11.5 Å². The maximum atomic E-state index is 4.23. The number of hydrogen-bond acceptors (Lipinski definition) is 4. The summed E-state index contributed by atoms with van der Waals surface area (Å²) in [6, 6.07) is 0. The molecule has 0 atom stereocenters. The van der Waals surface area contributed by atoms with Crippen LogP contribution < -0.4 is 0 Å². The highest BCUT2D eigenvalue weighted by atomic mass is 32.1. The molecule has 4 nitrogen and oxygen atoms in total. The molecule has 0 aromatic carbocycles. The largest absolute Gasteiger partial charge is 0.307 e. The first kappa shape index (κ1) is 9.33. The van der Waals surface area contributed by atoms with Gasteiger partial charge in [-0.1, -0.05) is 0 Å². The summed E-state index contributed by atoms with van der Waals surface area (Å²) in [5.41, 5.74) is 2.68. The lowest BCUT2D eigenvalue weighted by Crippen LogP contribution is -2.21. The fourth-order valence-electron chi connectivity index (χ4n) is 1.22. The molecule has 14 heavy (non-hydrogen) atoms. The molecule has 5 heteroatoms. The quantitative estimate of drug-likeness (QED) is 0.721.